The van der Waals surface area contributed by atoms with Crippen LogP contribution in [0.5, 0.6) is 0 Å². The van der Waals surface area contributed by atoms with Gasteiger partial charge in [-0.05, 0) is 16.3 Å². The van der Waals surface area contributed by atoms with Crippen LogP contribution in [0.25, 0.3) is 11.4 Å². The molecule has 0 radical (unpaired) electrons. The number of amides is 1. The van der Waals surface area contributed by atoms with Crippen LogP contribution in [-0.4, -0.2) is 44.6 Å². The number of likely N-dealkylation sites (N-methyl/N-ethyl adjacent to an activating group) is 1. The molecule has 3 rings (SSSR count). The lowest BCUT2D eigenvalue weighted by atomic mass is 10.1. The van der Waals surface area contributed by atoms with E-state index in [-0.39, 0.29) is 12.5 Å². The lowest BCUT2D eigenvalue weighted by Gasteiger charge is -2.16. The molecule has 128 valence electrons. The molecule has 7 heteroatoms. The summed E-state index contributed by atoms with van der Waals surface area (Å²) in [5, 5.41) is 12.6. The molecule has 25 heavy (non-hydrogen) atoms. The summed E-state index contributed by atoms with van der Waals surface area (Å²) in [6, 6.07) is 17.7. The van der Waals surface area contributed by atoms with E-state index in [0.29, 0.717) is 18.9 Å². The van der Waals surface area contributed by atoms with E-state index in [9.17, 15) is 4.79 Å². The number of aromatic nitrogens is 4. The first-order valence-corrected chi connectivity index (χ1v) is 8.01. The third-order valence-corrected chi connectivity index (χ3v) is 3.82. The zero-order chi connectivity index (χ0) is 17.6. The second-order valence-electron chi connectivity index (χ2n) is 5.78. The first-order chi connectivity index (χ1) is 12.2. The molecule has 7 nitrogen and oxygen atoms in total. The number of nitrogens with zero attached hydrogens (tertiary/aromatic N) is 5. The summed E-state index contributed by atoms with van der Waals surface area (Å²) in [4.78, 5) is 14.8. The number of hydrogen-bond acceptors (Lipinski definition) is 5. The third-order valence-electron chi connectivity index (χ3n) is 3.82. The molecule has 0 aliphatic carbocycles. The van der Waals surface area contributed by atoms with Crippen LogP contribution in [0.4, 0.5) is 0 Å². The number of nitrogens with two attached hydrogens (primary N) is 1. The van der Waals surface area contributed by atoms with Crippen LogP contribution >= 0.6 is 0 Å². The maximum Gasteiger partial charge on any atom is 0.236 e. The van der Waals surface area contributed by atoms with Crippen LogP contribution in [-0.2, 0) is 17.9 Å². The first kappa shape index (κ1) is 16.8. The molecule has 2 N–H and O–H groups in total. The van der Waals surface area contributed by atoms with E-state index in [1.807, 2.05) is 54.6 Å². The molecule has 0 unspecified atom stereocenters. The molecular weight excluding hydrogens is 316 g/mol. The van der Waals surface area contributed by atoms with Crippen LogP contribution in [0.2, 0.25) is 0 Å². The second kappa shape index (κ2) is 7.67. The van der Waals surface area contributed by atoms with Gasteiger partial charge in [0.05, 0.1) is 13.1 Å². The minimum atomic E-state index is -0.0872. The lowest BCUT2D eigenvalue weighted by Crippen LogP contribution is -2.32. The number of carbonyl (C=O) groups is 1. The van der Waals surface area contributed by atoms with Crippen molar-refractivity contribution in [2.45, 2.75) is 13.1 Å². The fourth-order valence-corrected chi connectivity index (χ4v) is 2.52. The number of rotatable bonds is 6. The minimum Gasteiger partial charge on any atom is -0.340 e. The minimum absolute atomic E-state index is 0.0152. The summed E-state index contributed by atoms with van der Waals surface area (Å²) < 4.78 is 0. The summed E-state index contributed by atoms with van der Waals surface area (Å²) in [5.74, 6) is 0.515. The van der Waals surface area contributed by atoms with Gasteiger partial charge in [-0.2, -0.15) is 4.80 Å². The largest absolute Gasteiger partial charge is 0.340 e. The summed E-state index contributed by atoms with van der Waals surface area (Å²) in [6.07, 6.45) is 0. The molecule has 1 amide bonds. The van der Waals surface area contributed by atoms with Crippen molar-refractivity contribution in [1.82, 2.24) is 25.1 Å². The molecule has 0 saturated heterocycles. The fraction of sp³-hybridized carbons (Fsp3) is 0.222. The van der Waals surface area contributed by atoms with Crippen molar-refractivity contribution in [1.29, 1.82) is 0 Å². The molecule has 2 aromatic carbocycles. The SMILES string of the molecule is CN(Cc1cccc(Cn2nnc(-c3ccccc3)n2)c1)C(=O)CN. The highest BCUT2D eigenvalue weighted by molar-refractivity contribution is 5.77. The van der Waals surface area contributed by atoms with Crippen LogP contribution in [0.15, 0.2) is 54.6 Å². The Labute approximate surface area is 146 Å². The molecule has 0 aliphatic heterocycles. The highest BCUT2D eigenvalue weighted by atomic mass is 16.2. The molecule has 0 aliphatic rings. The topological polar surface area (TPSA) is 89.9 Å². The van der Waals surface area contributed by atoms with E-state index in [4.69, 9.17) is 5.73 Å². The van der Waals surface area contributed by atoms with Crippen LogP contribution in [0, 0.1) is 0 Å². The molecule has 1 aromatic heterocycles. The maximum atomic E-state index is 11.6. The van der Waals surface area contributed by atoms with Gasteiger partial charge >= 0.3 is 0 Å². The van der Waals surface area contributed by atoms with Crippen molar-refractivity contribution in [3.8, 4) is 11.4 Å². The Morgan fingerprint density at radius 1 is 1.12 bits per heavy atom. The Morgan fingerprint density at radius 3 is 2.64 bits per heavy atom. The smallest absolute Gasteiger partial charge is 0.236 e. The van der Waals surface area contributed by atoms with Gasteiger partial charge in [-0.1, -0.05) is 54.6 Å². The Kier molecular flexibility index (Phi) is 5.15. The Bertz CT molecular complexity index is 846. The molecule has 0 atom stereocenters. The van der Waals surface area contributed by atoms with E-state index >= 15 is 0 Å². The van der Waals surface area contributed by atoms with Crippen LogP contribution < -0.4 is 5.73 Å². The van der Waals surface area contributed by atoms with Crippen molar-refractivity contribution >= 4 is 5.91 Å². The fourth-order valence-electron chi connectivity index (χ4n) is 2.52. The summed E-state index contributed by atoms with van der Waals surface area (Å²) in [7, 11) is 1.74. The van der Waals surface area contributed by atoms with Gasteiger partial charge < -0.3 is 10.6 Å². The normalized spacial score (nSPS) is 10.6. The number of hydrogen-bond donors (Lipinski definition) is 1. The van der Waals surface area contributed by atoms with Crippen molar-refractivity contribution in [3.63, 3.8) is 0 Å². The van der Waals surface area contributed by atoms with E-state index < -0.39 is 0 Å². The van der Waals surface area contributed by atoms with Gasteiger partial charge in [0.25, 0.3) is 0 Å². The van der Waals surface area contributed by atoms with Gasteiger partial charge in [-0.25, -0.2) is 0 Å². The average Bonchev–Trinajstić information content (AvgIpc) is 3.10. The standard InChI is InChI=1S/C18H20N6O/c1-23(17(25)11-19)12-14-6-5-7-15(10-14)13-24-21-18(20-22-24)16-8-3-2-4-9-16/h2-10H,11-13,19H2,1H3. The van der Waals surface area contributed by atoms with Gasteiger partial charge in [0.2, 0.25) is 11.7 Å². The Morgan fingerprint density at radius 2 is 1.88 bits per heavy atom. The summed E-state index contributed by atoms with van der Waals surface area (Å²) >= 11 is 0. The average molecular weight is 336 g/mol. The first-order valence-electron chi connectivity index (χ1n) is 8.01. The molecule has 3 aromatic rings. The zero-order valence-corrected chi connectivity index (χ0v) is 14.0. The van der Waals surface area contributed by atoms with Crippen molar-refractivity contribution in [3.05, 3.63) is 65.7 Å². The van der Waals surface area contributed by atoms with Gasteiger partial charge in [0.1, 0.15) is 0 Å². The molecule has 0 spiro atoms. The quantitative estimate of drug-likeness (QED) is 0.733. The number of carbonyl (C=O) groups excluding carboxylic acids is 1. The van der Waals surface area contributed by atoms with Gasteiger partial charge in [-0.3, -0.25) is 4.79 Å². The third kappa shape index (κ3) is 4.27. The molecule has 0 saturated carbocycles. The molecule has 0 bridgehead atoms. The highest BCUT2D eigenvalue weighted by Crippen LogP contribution is 2.13. The van der Waals surface area contributed by atoms with Crippen LogP contribution in [0.1, 0.15) is 11.1 Å². The van der Waals surface area contributed by atoms with E-state index in [2.05, 4.69) is 15.4 Å². The van der Waals surface area contributed by atoms with Gasteiger partial charge in [-0.15, -0.1) is 10.2 Å². The van der Waals surface area contributed by atoms with E-state index in [0.717, 1.165) is 16.7 Å². The van der Waals surface area contributed by atoms with E-state index in [1.54, 1.807) is 16.7 Å². The molecule has 1 heterocycles. The lowest BCUT2D eigenvalue weighted by molar-refractivity contribution is -0.128. The van der Waals surface area contributed by atoms with Gasteiger partial charge in [0.15, 0.2) is 0 Å². The molecular formula is C18H20N6O. The predicted molar refractivity (Wildman–Crippen MR) is 94.3 cm³/mol. The maximum absolute atomic E-state index is 11.6. The van der Waals surface area contributed by atoms with Crippen molar-refractivity contribution in [2.75, 3.05) is 13.6 Å². The van der Waals surface area contributed by atoms with E-state index in [1.165, 1.54) is 0 Å². The second-order valence-corrected chi connectivity index (χ2v) is 5.78. The zero-order valence-electron chi connectivity index (χ0n) is 14.0. The summed E-state index contributed by atoms with van der Waals surface area (Å²) in [6.45, 7) is 1.05. The van der Waals surface area contributed by atoms with Crippen molar-refractivity contribution in [2.24, 2.45) is 5.73 Å². The van der Waals surface area contributed by atoms with Crippen LogP contribution in [0.3, 0.4) is 0 Å². The van der Waals surface area contributed by atoms with Crippen molar-refractivity contribution < 1.29 is 4.79 Å². The summed E-state index contributed by atoms with van der Waals surface area (Å²) in [5.41, 5.74) is 8.40. The molecule has 0 fully saturated rings. The number of benzene rings is 2. The highest BCUT2D eigenvalue weighted by Gasteiger charge is 2.09. The predicted octanol–water partition coefficient (Wildman–Crippen LogP) is 1.31. The number of tetrazole rings is 1. The monoisotopic (exact) mass is 336 g/mol. The Balaban J connectivity index is 1.70. The Hall–Kier alpha value is -3.06. The van der Waals surface area contributed by atoms with Gasteiger partial charge in [0, 0.05) is 19.2 Å².